The van der Waals surface area contributed by atoms with Crippen molar-refractivity contribution in [3.8, 4) is 11.5 Å². The van der Waals surface area contributed by atoms with Gasteiger partial charge >= 0.3 is 0 Å². The molecule has 0 atom stereocenters. The summed E-state index contributed by atoms with van der Waals surface area (Å²) in [7, 11) is 3.37. The zero-order valence-corrected chi connectivity index (χ0v) is 17.6. The quantitative estimate of drug-likeness (QED) is 0.572. The summed E-state index contributed by atoms with van der Waals surface area (Å²) in [6.07, 6.45) is 2.64. The fourth-order valence-electron chi connectivity index (χ4n) is 3.47. The molecule has 0 aliphatic carbocycles. The number of nitrogens with one attached hydrogen (secondary N) is 1. The maximum absolute atomic E-state index is 5.48. The number of hydrogen-bond donors (Lipinski definition) is 1. The molecule has 7 nitrogen and oxygen atoms in total. The molecule has 29 heavy (non-hydrogen) atoms. The van der Waals surface area contributed by atoms with Crippen molar-refractivity contribution in [2.75, 3.05) is 58.4 Å². The van der Waals surface area contributed by atoms with E-state index in [9.17, 15) is 0 Å². The van der Waals surface area contributed by atoms with Gasteiger partial charge in [-0.2, -0.15) is 0 Å². The van der Waals surface area contributed by atoms with Crippen LogP contribution in [0.25, 0.3) is 0 Å². The van der Waals surface area contributed by atoms with E-state index in [0.717, 1.165) is 68.0 Å². The van der Waals surface area contributed by atoms with Gasteiger partial charge in [0, 0.05) is 45.5 Å². The lowest BCUT2D eigenvalue weighted by Crippen LogP contribution is -2.52. The Balaban J connectivity index is 1.61. The van der Waals surface area contributed by atoms with E-state index in [-0.39, 0.29) is 0 Å². The number of aliphatic imine (C=N–C) groups is 1. The van der Waals surface area contributed by atoms with E-state index in [1.54, 1.807) is 14.2 Å². The average Bonchev–Trinajstić information content (AvgIpc) is 2.79. The molecule has 0 unspecified atom stereocenters. The number of rotatable bonds is 7. The summed E-state index contributed by atoms with van der Waals surface area (Å²) in [4.78, 5) is 14.0. The van der Waals surface area contributed by atoms with E-state index in [2.05, 4.69) is 33.1 Å². The van der Waals surface area contributed by atoms with Crippen LogP contribution in [-0.4, -0.2) is 69.3 Å². The number of nitrogens with zero attached hydrogens (tertiary/aromatic N) is 4. The van der Waals surface area contributed by atoms with Crippen LogP contribution in [0.2, 0.25) is 0 Å². The summed E-state index contributed by atoms with van der Waals surface area (Å²) in [5.41, 5.74) is 1.10. The van der Waals surface area contributed by atoms with Crippen molar-refractivity contribution in [2.45, 2.75) is 13.3 Å². The van der Waals surface area contributed by atoms with Crippen molar-refractivity contribution in [3.63, 3.8) is 0 Å². The molecule has 3 rings (SSSR count). The van der Waals surface area contributed by atoms with Gasteiger partial charge in [0.15, 0.2) is 5.96 Å². The summed E-state index contributed by atoms with van der Waals surface area (Å²) >= 11 is 0. The summed E-state index contributed by atoms with van der Waals surface area (Å²) in [6, 6.07) is 11.9. The van der Waals surface area contributed by atoms with Crippen LogP contribution >= 0.6 is 0 Å². The highest BCUT2D eigenvalue weighted by molar-refractivity contribution is 5.80. The standard InChI is InChI=1S/C22H31N5O2/c1-4-23-22(25-12-10-18-17-19(28-2)8-9-20(18)29-3)27-15-13-26(14-16-27)21-7-5-6-11-24-21/h5-9,11,17H,4,10,12-16H2,1-3H3,(H,23,25). The zero-order valence-electron chi connectivity index (χ0n) is 17.6. The number of methoxy groups -OCH3 is 2. The van der Waals surface area contributed by atoms with Gasteiger partial charge < -0.3 is 24.6 Å². The average molecular weight is 398 g/mol. The van der Waals surface area contributed by atoms with Crippen molar-refractivity contribution < 1.29 is 9.47 Å². The van der Waals surface area contributed by atoms with Gasteiger partial charge in [0.1, 0.15) is 17.3 Å². The summed E-state index contributed by atoms with van der Waals surface area (Å²) in [5, 5.41) is 3.43. The number of aromatic nitrogens is 1. The zero-order chi connectivity index (χ0) is 20.5. The summed E-state index contributed by atoms with van der Waals surface area (Å²) in [6.45, 7) is 7.35. The first-order valence-electron chi connectivity index (χ1n) is 10.1. The fraction of sp³-hybridized carbons (Fsp3) is 0.455. The number of pyridine rings is 1. The SMILES string of the molecule is CCNC(=NCCc1cc(OC)ccc1OC)N1CCN(c2ccccn2)CC1. The molecule has 0 bridgehead atoms. The normalized spacial score (nSPS) is 14.7. The second kappa shape index (κ2) is 10.5. The molecule has 156 valence electrons. The first-order valence-corrected chi connectivity index (χ1v) is 10.1. The third-order valence-electron chi connectivity index (χ3n) is 5.02. The number of anilines is 1. The molecule has 1 aliphatic rings. The maximum atomic E-state index is 5.48. The van der Waals surface area contributed by atoms with Crippen LogP contribution in [0.1, 0.15) is 12.5 Å². The van der Waals surface area contributed by atoms with Gasteiger partial charge in [-0.3, -0.25) is 4.99 Å². The molecule has 1 saturated heterocycles. The van der Waals surface area contributed by atoms with Gasteiger partial charge in [-0.05, 0) is 49.2 Å². The van der Waals surface area contributed by atoms with Crippen LogP contribution in [-0.2, 0) is 6.42 Å². The molecule has 7 heteroatoms. The number of benzene rings is 1. The molecule has 0 saturated carbocycles. The Kier molecular flexibility index (Phi) is 7.55. The van der Waals surface area contributed by atoms with Gasteiger partial charge in [0.05, 0.1) is 14.2 Å². The predicted molar refractivity (Wildman–Crippen MR) is 117 cm³/mol. The molecule has 0 amide bonds. The van der Waals surface area contributed by atoms with Crippen LogP contribution in [0, 0.1) is 0 Å². The molecule has 1 fully saturated rings. The molecule has 1 aliphatic heterocycles. The fourth-order valence-corrected chi connectivity index (χ4v) is 3.47. The summed E-state index contributed by atoms with van der Waals surface area (Å²) in [5.74, 6) is 3.71. The third kappa shape index (κ3) is 5.53. The Labute approximate surface area is 173 Å². The van der Waals surface area contributed by atoms with E-state index >= 15 is 0 Å². The molecule has 2 aromatic rings. The Hall–Kier alpha value is -2.96. The van der Waals surface area contributed by atoms with Crippen molar-refractivity contribution in [1.29, 1.82) is 0 Å². The maximum Gasteiger partial charge on any atom is 0.194 e. The number of guanidine groups is 1. The van der Waals surface area contributed by atoms with Crippen LogP contribution in [0.15, 0.2) is 47.6 Å². The Morgan fingerprint density at radius 2 is 1.93 bits per heavy atom. The third-order valence-corrected chi connectivity index (χ3v) is 5.02. The van der Waals surface area contributed by atoms with Crippen molar-refractivity contribution in [1.82, 2.24) is 15.2 Å². The second-order valence-electron chi connectivity index (χ2n) is 6.83. The van der Waals surface area contributed by atoms with E-state index in [4.69, 9.17) is 14.5 Å². The first-order chi connectivity index (χ1) is 14.2. The number of hydrogen-bond acceptors (Lipinski definition) is 5. The topological polar surface area (TPSA) is 62.2 Å². The van der Waals surface area contributed by atoms with Gasteiger partial charge in [-0.1, -0.05) is 6.07 Å². The molecule has 1 aromatic carbocycles. The van der Waals surface area contributed by atoms with Crippen LogP contribution in [0.3, 0.4) is 0 Å². The lowest BCUT2D eigenvalue weighted by atomic mass is 10.1. The van der Waals surface area contributed by atoms with E-state index < -0.39 is 0 Å². The number of piperazine rings is 1. The van der Waals surface area contributed by atoms with Gasteiger partial charge in [-0.25, -0.2) is 4.98 Å². The van der Waals surface area contributed by atoms with E-state index in [1.165, 1.54) is 0 Å². The Morgan fingerprint density at radius 3 is 2.59 bits per heavy atom. The smallest absolute Gasteiger partial charge is 0.194 e. The molecule has 0 spiro atoms. The highest BCUT2D eigenvalue weighted by Crippen LogP contribution is 2.24. The predicted octanol–water partition coefficient (Wildman–Crippen LogP) is 2.43. The molecule has 2 heterocycles. The highest BCUT2D eigenvalue weighted by Gasteiger charge is 2.20. The van der Waals surface area contributed by atoms with Gasteiger partial charge in [-0.15, -0.1) is 0 Å². The number of ether oxygens (including phenoxy) is 2. The minimum Gasteiger partial charge on any atom is -0.497 e. The van der Waals surface area contributed by atoms with Crippen LogP contribution in [0.5, 0.6) is 11.5 Å². The molecule has 1 aromatic heterocycles. The molecular weight excluding hydrogens is 366 g/mol. The van der Waals surface area contributed by atoms with Crippen LogP contribution < -0.4 is 19.7 Å². The summed E-state index contributed by atoms with van der Waals surface area (Å²) < 4.78 is 10.8. The van der Waals surface area contributed by atoms with Crippen molar-refractivity contribution in [2.24, 2.45) is 4.99 Å². The molecule has 0 radical (unpaired) electrons. The second-order valence-corrected chi connectivity index (χ2v) is 6.83. The largest absolute Gasteiger partial charge is 0.497 e. The first kappa shape index (κ1) is 20.8. The minimum absolute atomic E-state index is 0.687. The van der Waals surface area contributed by atoms with Gasteiger partial charge in [0.25, 0.3) is 0 Å². The molecule has 1 N–H and O–H groups in total. The van der Waals surface area contributed by atoms with Crippen molar-refractivity contribution >= 4 is 11.8 Å². The van der Waals surface area contributed by atoms with E-state index in [1.807, 2.05) is 36.5 Å². The van der Waals surface area contributed by atoms with Crippen molar-refractivity contribution in [3.05, 3.63) is 48.2 Å². The Morgan fingerprint density at radius 1 is 1.10 bits per heavy atom. The highest BCUT2D eigenvalue weighted by atomic mass is 16.5. The van der Waals surface area contributed by atoms with Gasteiger partial charge in [0.2, 0.25) is 0 Å². The lowest BCUT2D eigenvalue weighted by molar-refractivity contribution is 0.371. The van der Waals surface area contributed by atoms with Crippen LogP contribution in [0.4, 0.5) is 5.82 Å². The molecular formula is C22H31N5O2. The lowest BCUT2D eigenvalue weighted by Gasteiger charge is -2.37. The minimum atomic E-state index is 0.687. The Bertz CT molecular complexity index is 789. The van der Waals surface area contributed by atoms with E-state index in [0.29, 0.717) is 6.54 Å². The monoisotopic (exact) mass is 397 g/mol.